The molecule has 0 rings (SSSR count). The number of ether oxygens (including phenoxy) is 2. The first-order chi connectivity index (χ1) is 9.60. The maximum atomic E-state index is 9.91. The molecule has 6 heteroatoms. The summed E-state index contributed by atoms with van der Waals surface area (Å²) in [5.74, 6) is 0.459. The van der Waals surface area contributed by atoms with Gasteiger partial charge in [-0.2, -0.15) is 0 Å². The Morgan fingerprint density at radius 2 is 1.55 bits per heavy atom. The molecule has 0 aromatic carbocycles. The van der Waals surface area contributed by atoms with E-state index in [1.807, 2.05) is 4.90 Å². The molecule has 0 heterocycles. The standard InChI is InChI=1S/C14H31NO5/c1-13(2)11-14(18)12-15(3-5-16)4-7-19-9-10-20-8-6-17/h13-14,16-18H,3-12H2,1-2H3. The lowest BCUT2D eigenvalue weighted by atomic mass is 10.1. The second-order valence-corrected chi connectivity index (χ2v) is 5.26. The van der Waals surface area contributed by atoms with E-state index in [2.05, 4.69) is 13.8 Å². The second-order valence-electron chi connectivity index (χ2n) is 5.26. The Morgan fingerprint density at radius 1 is 0.900 bits per heavy atom. The molecule has 0 aromatic rings. The van der Waals surface area contributed by atoms with Gasteiger partial charge in [-0.1, -0.05) is 13.8 Å². The Balaban J connectivity index is 3.68. The smallest absolute Gasteiger partial charge is 0.0701 e. The highest BCUT2D eigenvalue weighted by Gasteiger charge is 2.12. The van der Waals surface area contributed by atoms with Crippen LogP contribution in [0.4, 0.5) is 0 Å². The summed E-state index contributed by atoms with van der Waals surface area (Å²) in [6.45, 7) is 7.87. The summed E-state index contributed by atoms with van der Waals surface area (Å²) in [4.78, 5) is 2.00. The van der Waals surface area contributed by atoms with Gasteiger partial charge in [0.05, 0.1) is 45.7 Å². The minimum absolute atomic E-state index is 0.0258. The molecule has 0 aliphatic carbocycles. The van der Waals surface area contributed by atoms with E-state index in [1.54, 1.807) is 0 Å². The van der Waals surface area contributed by atoms with Gasteiger partial charge in [-0.3, -0.25) is 4.90 Å². The molecular formula is C14H31NO5. The van der Waals surface area contributed by atoms with Crippen LogP contribution in [-0.4, -0.2) is 85.6 Å². The lowest BCUT2D eigenvalue weighted by Crippen LogP contribution is -2.37. The van der Waals surface area contributed by atoms with Crippen molar-refractivity contribution in [3.8, 4) is 0 Å². The zero-order valence-electron chi connectivity index (χ0n) is 12.8. The number of hydrogen-bond donors (Lipinski definition) is 3. The fraction of sp³-hybridized carbons (Fsp3) is 1.00. The van der Waals surface area contributed by atoms with Crippen molar-refractivity contribution in [2.45, 2.75) is 26.4 Å². The Kier molecular flexibility index (Phi) is 13.6. The van der Waals surface area contributed by atoms with Crippen molar-refractivity contribution >= 4 is 0 Å². The van der Waals surface area contributed by atoms with Crippen LogP contribution in [0.3, 0.4) is 0 Å². The molecule has 0 aromatic heterocycles. The Hall–Kier alpha value is -0.240. The number of aliphatic hydroxyl groups is 3. The maximum Gasteiger partial charge on any atom is 0.0701 e. The second kappa shape index (κ2) is 13.7. The topological polar surface area (TPSA) is 82.4 Å². The van der Waals surface area contributed by atoms with Crippen molar-refractivity contribution in [2.75, 3.05) is 59.3 Å². The summed E-state index contributed by atoms with van der Waals surface area (Å²) in [6.07, 6.45) is 0.395. The van der Waals surface area contributed by atoms with Crippen LogP contribution in [0.1, 0.15) is 20.3 Å². The molecule has 0 aliphatic heterocycles. The van der Waals surface area contributed by atoms with Crippen molar-refractivity contribution in [1.29, 1.82) is 0 Å². The first-order valence-corrected chi connectivity index (χ1v) is 7.37. The van der Waals surface area contributed by atoms with Crippen LogP contribution in [0.25, 0.3) is 0 Å². The predicted molar refractivity (Wildman–Crippen MR) is 77.7 cm³/mol. The molecule has 0 saturated carbocycles. The third-order valence-electron chi connectivity index (χ3n) is 2.79. The van der Waals surface area contributed by atoms with Gasteiger partial charge in [-0.15, -0.1) is 0 Å². The molecule has 0 amide bonds. The molecule has 6 nitrogen and oxygen atoms in total. The normalized spacial score (nSPS) is 13.3. The van der Waals surface area contributed by atoms with E-state index in [0.717, 1.165) is 6.42 Å². The SMILES string of the molecule is CC(C)CC(O)CN(CCO)CCOCCOCCO. The van der Waals surface area contributed by atoms with Crippen molar-refractivity contribution in [1.82, 2.24) is 4.90 Å². The monoisotopic (exact) mass is 293 g/mol. The van der Waals surface area contributed by atoms with Gasteiger partial charge >= 0.3 is 0 Å². The van der Waals surface area contributed by atoms with Crippen LogP contribution >= 0.6 is 0 Å². The lowest BCUT2D eigenvalue weighted by molar-refractivity contribution is 0.0187. The average molecular weight is 293 g/mol. The molecule has 1 unspecified atom stereocenters. The van der Waals surface area contributed by atoms with Crippen molar-refractivity contribution in [3.63, 3.8) is 0 Å². The minimum Gasteiger partial charge on any atom is -0.395 e. The molecule has 20 heavy (non-hydrogen) atoms. The highest BCUT2D eigenvalue weighted by atomic mass is 16.5. The lowest BCUT2D eigenvalue weighted by Gasteiger charge is -2.25. The van der Waals surface area contributed by atoms with Gasteiger partial charge in [-0.05, 0) is 12.3 Å². The van der Waals surface area contributed by atoms with E-state index in [4.69, 9.17) is 19.7 Å². The summed E-state index contributed by atoms with van der Waals surface area (Å²) in [5.41, 5.74) is 0. The molecule has 0 aliphatic rings. The molecule has 0 spiro atoms. The van der Waals surface area contributed by atoms with Gasteiger partial charge in [0.25, 0.3) is 0 Å². The zero-order chi connectivity index (χ0) is 15.2. The third kappa shape index (κ3) is 12.8. The molecule has 0 radical (unpaired) electrons. The van der Waals surface area contributed by atoms with Gasteiger partial charge < -0.3 is 24.8 Å². The Labute approximate surface area is 122 Å². The fourth-order valence-corrected chi connectivity index (χ4v) is 1.93. The van der Waals surface area contributed by atoms with E-state index < -0.39 is 0 Å². The molecule has 0 bridgehead atoms. The fourth-order valence-electron chi connectivity index (χ4n) is 1.93. The zero-order valence-corrected chi connectivity index (χ0v) is 12.8. The number of rotatable bonds is 14. The summed E-state index contributed by atoms with van der Waals surface area (Å²) in [6, 6.07) is 0. The number of nitrogens with zero attached hydrogens (tertiary/aromatic N) is 1. The van der Waals surface area contributed by atoms with Gasteiger partial charge in [-0.25, -0.2) is 0 Å². The molecule has 0 saturated heterocycles. The van der Waals surface area contributed by atoms with Gasteiger partial charge in [0.1, 0.15) is 0 Å². The molecule has 1 atom stereocenters. The summed E-state index contributed by atoms with van der Waals surface area (Å²) < 4.78 is 10.5. The quantitative estimate of drug-likeness (QED) is 0.382. The number of hydrogen-bond acceptors (Lipinski definition) is 6. The van der Waals surface area contributed by atoms with E-state index in [0.29, 0.717) is 52.0 Å². The number of aliphatic hydroxyl groups excluding tert-OH is 3. The van der Waals surface area contributed by atoms with Crippen LogP contribution in [0.2, 0.25) is 0 Å². The van der Waals surface area contributed by atoms with Crippen LogP contribution in [0, 0.1) is 5.92 Å². The van der Waals surface area contributed by atoms with Crippen LogP contribution in [-0.2, 0) is 9.47 Å². The summed E-state index contributed by atoms with van der Waals surface area (Å²) >= 11 is 0. The highest BCUT2D eigenvalue weighted by molar-refractivity contribution is 4.66. The summed E-state index contributed by atoms with van der Waals surface area (Å²) in [7, 11) is 0. The van der Waals surface area contributed by atoms with Crippen molar-refractivity contribution < 1.29 is 24.8 Å². The average Bonchev–Trinajstić information content (AvgIpc) is 2.36. The van der Waals surface area contributed by atoms with Crippen LogP contribution in [0.5, 0.6) is 0 Å². The first-order valence-electron chi connectivity index (χ1n) is 7.37. The van der Waals surface area contributed by atoms with E-state index in [-0.39, 0.29) is 19.3 Å². The highest BCUT2D eigenvalue weighted by Crippen LogP contribution is 2.06. The van der Waals surface area contributed by atoms with Gasteiger partial charge in [0.15, 0.2) is 0 Å². The minimum atomic E-state index is -0.366. The molecular weight excluding hydrogens is 262 g/mol. The van der Waals surface area contributed by atoms with Crippen LogP contribution < -0.4 is 0 Å². The first kappa shape index (κ1) is 19.8. The van der Waals surface area contributed by atoms with Crippen molar-refractivity contribution in [3.05, 3.63) is 0 Å². The largest absolute Gasteiger partial charge is 0.395 e. The molecule has 0 fully saturated rings. The van der Waals surface area contributed by atoms with E-state index in [1.165, 1.54) is 0 Å². The molecule has 3 N–H and O–H groups in total. The van der Waals surface area contributed by atoms with Crippen LogP contribution in [0.15, 0.2) is 0 Å². The van der Waals surface area contributed by atoms with E-state index in [9.17, 15) is 5.11 Å². The Morgan fingerprint density at radius 3 is 2.10 bits per heavy atom. The molecule has 122 valence electrons. The summed E-state index contributed by atoms with van der Waals surface area (Å²) in [5, 5.41) is 27.5. The predicted octanol–water partition coefficient (Wildman–Crippen LogP) is -0.287. The Bertz CT molecular complexity index is 204. The maximum absolute atomic E-state index is 9.91. The van der Waals surface area contributed by atoms with Gasteiger partial charge in [0.2, 0.25) is 0 Å². The van der Waals surface area contributed by atoms with Gasteiger partial charge in [0, 0.05) is 19.6 Å². The van der Waals surface area contributed by atoms with Crippen molar-refractivity contribution in [2.24, 2.45) is 5.92 Å². The third-order valence-corrected chi connectivity index (χ3v) is 2.79. The van der Waals surface area contributed by atoms with E-state index >= 15 is 0 Å².